The second-order valence-corrected chi connectivity index (χ2v) is 5.69. The van der Waals surface area contributed by atoms with Crippen molar-refractivity contribution >= 4 is 23.2 Å². The second-order valence-electron chi connectivity index (χ2n) is 5.69. The molecule has 0 spiro atoms. The van der Waals surface area contributed by atoms with E-state index in [1.165, 1.54) is 12.8 Å². The Hall–Kier alpha value is -1.88. The van der Waals surface area contributed by atoms with E-state index in [0.29, 0.717) is 25.4 Å². The highest BCUT2D eigenvalue weighted by atomic mass is 16.2. The molecule has 1 saturated carbocycles. The van der Waals surface area contributed by atoms with Gasteiger partial charge in [0.05, 0.1) is 11.4 Å². The van der Waals surface area contributed by atoms with Crippen LogP contribution in [0.2, 0.25) is 0 Å². The Labute approximate surface area is 124 Å². The molecule has 0 aromatic heterocycles. The number of rotatable bonds is 6. The topological polar surface area (TPSA) is 61.4 Å². The van der Waals surface area contributed by atoms with Gasteiger partial charge in [0.1, 0.15) is 0 Å². The molecule has 1 saturated heterocycles. The lowest BCUT2D eigenvalue weighted by molar-refractivity contribution is -0.117. The molecule has 2 amide bonds. The summed E-state index contributed by atoms with van der Waals surface area (Å²) in [6.07, 6.45) is 4.38. The van der Waals surface area contributed by atoms with Crippen molar-refractivity contribution in [2.45, 2.75) is 38.1 Å². The fourth-order valence-corrected chi connectivity index (χ4v) is 2.61. The second kappa shape index (κ2) is 6.26. The molecule has 1 aliphatic heterocycles. The molecule has 1 aromatic carbocycles. The van der Waals surface area contributed by atoms with Crippen molar-refractivity contribution in [1.82, 2.24) is 5.32 Å². The lowest BCUT2D eigenvalue weighted by Crippen LogP contribution is -2.27. The molecule has 1 aromatic rings. The van der Waals surface area contributed by atoms with E-state index >= 15 is 0 Å². The maximum Gasteiger partial charge on any atom is 0.227 e. The van der Waals surface area contributed by atoms with Crippen molar-refractivity contribution in [3.63, 3.8) is 0 Å². The first-order chi connectivity index (χ1) is 10.2. The molecule has 1 aliphatic carbocycles. The van der Waals surface area contributed by atoms with E-state index in [0.717, 1.165) is 24.3 Å². The van der Waals surface area contributed by atoms with E-state index in [4.69, 9.17) is 0 Å². The van der Waals surface area contributed by atoms with E-state index in [-0.39, 0.29) is 11.8 Å². The Morgan fingerprint density at radius 1 is 1.29 bits per heavy atom. The lowest BCUT2D eigenvalue weighted by atomic mass is 10.2. The van der Waals surface area contributed by atoms with E-state index in [9.17, 15) is 9.59 Å². The zero-order chi connectivity index (χ0) is 14.7. The summed E-state index contributed by atoms with van der Waals surface area (Å²) in [5, 5.41) is 6.25. The van der Waals surface area contributed by atoms with Gasteiger partial charge in [-0.1, -0.05) is 12.1 Å². The SMILES string of the molecule is O=C(CCNC1CC1)Nc1ccccc1N1CCCC1=O. The maximum absolute atomic E-state index is 12.0. The molecule has 0 radical (unpaired) electrons. The standard InChI is InChI=1S/C16H21N3O2/c20-15(9-10-17-12-7-8-12)18-13-4-1-2-5-14(13)19-11-3-6-16(19)21/h1-2,4-5,12,17H,3,6-11H2,(H,18,20). The minimum absolute atomic E-state index is 0.0118. The van der Waals surface area contributed by atoms with E-state index < -0.39 is 0 Å². The van der Waals surface area contributed by atoms with Crippen molar-refractivity contribution in [3.8, 4) is 0 Å². The van der Waals surface area contributed by atoms with Gasteiger partial charge < -0.3 is 15.5 Å². The van der Waals surface area contributed by atoms with Crippen molar-refractivity contribution < 1.29 is 9.59 Å². The van der Waals surface area contributed by atoms with Crippen LogP contribution in [0.4, 0.5) is 11.4 Å². The Kier molecular flexibility index (Phi) is 4.20. The molecule has 2 aliphatic rings. The van der Waals surface area contributed by atoms with Crippen LogP contribution in [0.15, 0.2) is 24.3 Å². The van der Waals surface area contributed by atoms with Crippen LogP contribution >= 0.6 is 0 Å². The average molecular weight is 287 g/mol. The third-order valence-corrected chi connectivity index (χ3v) is 3.90. The largest absolute Gasteiger partial charge is 0.324 e. The van der Waals surface area contributed by atoms with E-state index in [1.54, 1.807) is 4.90 Å². The molecule has 5 heteroatoms. The van der Waals surface area contributed by atoms with Gasteiger partial charge in [-0.05, 0) is 31.4 Å². The van der Waals surface area contributed by atoms with Gasteiger partial charge in [0.2, 0.25) is 11.8 Å². The van der Waals surface area contributed by atoms with Gasteiger partial charge in [-0.2, -0.15) is 0 Å². The van der Waals surface area contributed by atoms with Crippen LogP contribution in [-0.4, -0.2) is 30.9 Å². The number of amides is 2. The lowest BCUT2D eigenvalue weighted by Gasteiger charge is -2.20. The van der Waals surface area contributed by atoms with Gasteiger partial charge in [-0.3, -0.25) is 9.59 Å². The Balaban J connectivity index is 1.61. The number of nitrogens with zero attached hydrogens (tertiary/aromatic N) is 1. The van der Waals surface area contributed by atoms with Gasteiger partial charge in [0.25, 0.3) is 0 Å². The highest BCUT2D eigenvalue weighted by Crippen LogP contribution is 2.29. The minimum atomic E-state index is -0.0118. The predicted molar refractivity (Wildman–Crippen MR) is 82.3 cm³/mol. The molecule has 21 heavy (non-hydrogen) atoms. The first-order valence-corrected chi connectivity index (χ1v) is 7.66. The van der Waals surface area contributed by atoms with Gasteiger partial charge in [0.15, 0.2) is 0 Å². The number of anilines is 2. The van der Waals surface area contributed by atoms with Crippen LogP contribution in [-0.2, 0) is 9.59 Å². The molecule has 1 heterocycles. The van der Waals surface area contributed by atoms with Crippen molar-refractivity contribution in [2.24, 2.45) is 0 Å². The van der Waals surface area contributed by atoms with Crippen LogP contribution in [0.3, 0.4) is 0 Å². The maximum atomic E-state index is 12.0. The number of hydrogen-bond acceptors (Lipinski definition) is 3. The molecular weight excluding hydrogens is 266 g/mol. The molecule has 0 unspecified atom stereocenters. The third kappa shape index (κ3) is 3.61. The van der Waals surface area contributed by atoms with Gasteiger partial charge in [-0.25, -0.2) is 0 Å². The molecule has 0 bridgehead atoms. The van der Waals surface area contributed by atoms with Gasteiger partial charge in [0, 0.05) is 32.0 Å². The summed E-state index contributed by atoms with van der Waals surface area (Å²) in [5.41, 5.74) is 1.53. The fraction of sp³-hybridized carbons (Fsp3) is 0.500. The predicted octanol–water partition coefficient (Wildman–Crippen LogP) is 1.89. The first-order valence-electron chi connectivity index (χ1n) is 7.66. The zero-order valence-electron chi connectivity index (χ0n) is 12.1. The molecule has 5 nitrogen and oxygen atoms in total. The van der Waals surface area contributed by atoms with Gasteiger partial charge in [-0.15, -0.1) is 0 Å². The molecule has 112 valence electrons. The average Bonchev–Trinajstić information content (AvgIpc) is 3.20. The summed E-state index contributed by atoms with van der Waals surface area (Å²) in [5.74, 6) is 0.120. The number of nitrogens with one attached hydrogen (secondary N) is 2. The van der Waals surface area contributed by atoms with Crippen LogP contribution in [0.1, 0.15) is 32.1 Å². The van der Waals surface area contributed by atoms with Gasteiger partial charge >= 0.3 is 0 Å². The fourth-order valence-electron chi connectivity index (χ4n) is 2.61. The van der Waals surface area contributed by atoms with Crippen LogP contribution in [0, 0.1) is 0 Å². The minimum Gasteiger partial charge on any atom is -0.324 e. The highest BCUT2D eigenvalue weighted by Gasteiger charge is 2.24. The molecule has 2 fully saturated rings. The van der Waals surface area contributed by atoms with Crippen molar-refractivity contribution in [2.75, 3.05) is 23.3 Å². The number of para-hydroxylation sites is 2. The molecule has 2 N–H and O–H groups in total. The normalized spacial score (nSPS) is 18.1. The Morgan fingerprint density at radius 3 is 2.81 bits per heavy atom. The van der Waals surface area contributed by atoms with E-state index in [1.807, 2.05) is 24.3 Å². The summed E-state index contributed by atoms with van der Waals surface area (Å²) in [6, 6.07) is 8.13. The number of carbonyl (C=O) groups is 2. The Morgan fingerprint density at radius 2 is 2.10 bits per heavy atom. The molecular formula is C16H21N3O2. The summed E-state index contributed by atoms with van der Waals surface area (Å²) >= 11 is 0. The highest BCUT2D eigenvalue weighted by molar-refractivity contribution is 6.02. The number of carbonyl (C=O) groups excluding carboxylic acids is 2. The summed E-state index contributed by atoms with van der Waals surface area (Å²) in [6.45, 7) is 1.44. The summed E-state index contributed by atoms with van der Waals surface area (Å²) in [4.78, 5) is 25.6. The zero-order valence-corrected chi connectivity index (χ0v) is 12.1. The monoisotopic (exact) mass is 287 g/mol. The van der Waals surface area contributed by atoms with Crippen LogP contribution in [0.5, 0.6) is 0 Å². The third-order valence-electron chi connectivity index (χ3n) is 3.90. The van der Waals surface area contributed by atoms with E-state index in [2.05, 4.69) is 10.6 Å². The van der Waals surface area contributed by atoms with Crippen LogP contribution in [0.25, 0.3) is 0 Å². The number of hydrogen-bond donors (Lipinski definition) is 2. The quantitative estimate of drug-likeness (QED) is 0.840. The van der Waals surface area contributed by atoms with Crippen LogP contribution < -0.4 is 15.5 Å². The smallest absolute Gasteiger partial charge is 0.227 e. The van der Waals surface area contributed by atoms with Crippen molar-refractivity contribution in [1.29, 1.82) is 0 Å². The van der Waals surface area contributed by atoms with Crippen molar-refractivity contribution in [3.05, 3.63) is 24.3 Å². The summed E-state index contributed by atoms with van der Waals surface area (Å²) < 4.78 is 0. The Bertz CT molecular complexity index is 540. The first kappa shape index (κ1) is 14.1. The number of benzene rings is 1. The summed E-state index contributed by atoms with van der Waals surface area (Å²) in [7, 11) is 0. The molecule has 0 atom stereocenters. The molecule has 3 rings (SSSR count).